The van der Waals surface area contributed by atoms with Crippen LogP contribution in [-0.2, 0) is 6.54 Å². The van der Waals surface area contributed by atoms with Gasteiger partial charge in [0.2, 0.25) is 0 Å². The molecule has 0 saturated carbocycles. The maximum atomic E-state index is 11.0. The van der Waals surface area contributed by atoms with Crippen molar-refractivity contribution in [3.63, 3.8) is 0 Å². The second kappa shape index (κ2) is 6.91. The number of nitrogens with zero attached hydrogens (tertiary/aromatic N) is 1. The third-order valence-corrected chi connectivity index (χ3v) is 4.50. The number of hydrogen-bond donors (Lipinski definition) is 2. The van der Waals surface area contributed by atoms with E-state index in [-0.39, 0.29) is 11.0 Å². The molecule has 1 aliphatic heterocycles. The van der Waals surface area contributed by atoms with Crippen LogP contribution in [0.5, 0.6) is 0 Å². The van der Waals surface area contributed by atoms with Gasteiger partial charge >= 0.3 is 6.09 Å². The van der Waals surface area contributed by atoms with Gasteiger partial charge in [0.15, 0.2) is 0 Å². The predicted octanol–water partition coefficient (Wildman–Crippen LogP) is 3.97. The lowest BCUT2D eigenvalue weighted by Gasteiger charge is -2.44. The van der Waals surface area contributed by atoms with Crippen LogP contribution >= 0.6 is 0 Å². The van der Waals surface area contributed by atoms with Crippen LogP contribution in [0.2, 0.25) is 0 Å². The van der Waals surface area contributed by atoms with Gasteiger partial charge < -0.3 is 10.4 Å². The number of benzene rings is 1. The summed E-state index contributed by atoms with van der Waals surface area (Å²) in [6.45, 7) is 11.7. The number of hydrogen-bond acceptors (Lipinski definition) is 2. The van der Waals surface area contributed by atoms with Crippen LogP contribution in [-0.4, -0.2) is 34.7 Å². The molecule has 4 nitrogen and oxygen atoms in total. The van der Waals surface area contributed by atoms with Crippen LogP contribution in [0, 0.1) is 11.3 Å². The van der Waals surface area contributed by atoms with E-state index < -0.39 is 6.09 Å². The molecule has 0 aliphatic carbocycles. The number of carboxylic acid groups (broad SMARTS) is 1. The highest BCUT2D eigenvalue weighted by Crippen LogP contribution is 2.36. The van der Waals surface area contributed by atoms with Gasteiger partial charge in [-0.1, -0.05) is 44.2 Å². The Labute approximate surface area is 139 Å². The van der Waals surface area contributed by atoms with E-state index in [9.17, 15) is 4.79 Å². The van der Waals surface area contributed by atoms with Crippen LogP contribution in [0.15, 0.2) is 30.3 Å². The number of carbonyl (C=O) groups is 1. The van der Waals surface area contributed by atoms with Crippen LogP contribution in [0.3, 0.4) is 0 Å². The van der Waals surface area contributed by atoms with Gasteiger partial charge in [-0.15, -0.1) is 0 Å². The summed E-state index contributed by atoms with van der Waals surface area (Å²) in [5.41, 5.74) is 1.21. The molecule has 1 aromatic rings. The van der Waals surface area contributed by atoms with Crippen molar-refractivity contribution in [2.45, 2.75) is 52.6 Å². The van der Waals surface area contributed by atoms with E-state index in [0.717, 1.165) is 32.5 Å². The Morgan fingerprint density at radius 2 is 2.00 bits per heavy atom. The summed E-state index contributed by atoms with van der Waals surface area (Å²) >= 11 is 0. The Morgan fingerprint density at radius 3 is 2.61 bits per heavy atom. The van der Waals surface area contributed by atoms with Crippen LogP contribution in [0.1, 0.15) is 46.1 Å². The summed E-state index contributed by atoms with van der Waals surface area (Å²) in [6.07, 6.45) is 1.07. The molecule has 1 aromatic carbocycles. The monoisotopic (exact) mass is 318 g/mol. The molecule has 1 fully saturated rings. The van der Waals surface area contributed by atoms with E-state index >= 15 is 0 Å². The van der Waals surface area contributed by atoms with Gasteiger partial charge in [0, 0.05) is 25.2 Å². The van der Waals surface area contributed by atoms with Gasteiger partial charge in [0.05, 0.1) is 0 Å². The maximum absolute atomic E-state index is 11.0. The second-order valence-corrected chi connectivity index (χ2v) is 8.41. The van der Waals surface area contributed by atoms with Crippen molar-refractivity contribution in [2.75, 3.05) is 13.1 Å². The van der Waals surface area contributed by atoms with Crippen molar-refractivity contribution in [3.05, 3.63) is 35.9 Å². The van der Waals surface area contributed by atoms with Gasteiger partial charge in [-0.25, -0.2) is 4.79 Å². The molecule has 4 heteroatoms. The Morgan fingerprint density at radius 1 is 1.35 bits per heavy atom. The number of piperidine rings is 1. The van der Waals surface area contributed by atoms with E-state index in [2.05, 4.69) is 48.3 Å². The topological polar surface area (TPSA) is 52.6 Å². The molecule has 1 aliphatic rings. The lowest BCUT2D eigenvalue weighted by Crippen LogP contribution is -2.49. The molecule has 0 aromatic heterocycles. The van der Waals surface area contributed by atoms with Crippen molar-refractivity contribution < 1.29 is 9.90 Å². The van der Waals surface area contributed by atoms with E-state index in [0.29, 0.717) is 5.92 Å². The molecule has 1 saturated heterocycles. The molecular formula is C19H30N2O2. The SMILES string of the molecule is CC1(C)C[C@H](CC(C)(C)NC(=O)O)CN(Cc2ccccc2)C1. The molecular weight excluding hydrogens is 288 g/mol. The van der Waals surface area contributed by atoms with Crippen molar-refractivity contribution in [1.29, 1.82) is 0 Å². The normalized spacial score (nSPS) is 21.8. The molecule has 0 radical (unpaired) electrons. The first-order valence-corrected chi connectivity index (χ1v) is 8.43. The van der Waals surface area contributed by atoms with Crippen LogP contribution < -0.4 is 5.32 Å². The Hall–Kier alpha value is -1.55. The summed E-state index contributed by atoms with van der Waals surface area (Å²) in [5, 5.41) is 11.7. The highest BCUT2D eigenvalue weighted by molar-refractivity contribution is 5.65. The molecule has 1 atom stereocenters. The number of amides is 1. The van der Waals surface area contributed by atoms with Crippen molar-refractivity contribution in [1.82, 2.24) is 10.2 Å². The minimum Gasteiger partial charge on any atom is -0.465 e. The molecule has 1 amide bonds. The summed E-state index contributed by atoms with van der Waals surface area (Å²) in [7, 11) is 0. The van der Waals surface area contributed by atoms with E-state index in [1.54, 1.807) is 0 Å². The van der Waals surface area contributed by atoms with Gasteiger partial charge in [0.25, 0.3) is 0 Å². The Balaban J connectivity index is 2.02. The highest BCUT2D eigenvalue weighted by Gasteiger charge is 2.35. The third-order valence-electron chi connectivity index (χ3n) is 4.50. The highest BCUT2D eigenvalue weighted by atomic mass is 16.4. The first kappa shape index (κ1) is 17.8. The molecule has 0 spiro atoms. The average Bonchev–Trinajstić information content (AvgIpc) is 2.35. The maximum Gasteiger partial charge on any atom is 0.405 e. The molecule has 128 valence electrons. The zero-order valence-corrected chi connectivity index (χ0v) is 14.8. The lowest BCUT2D eigenvalue weighted by molar-refractivity contribution is 0.0528. The molecule has 1 heterocycles. The molecule has 0 bridgehead atoms. The van der Waals surface area contributed by atoms with Crippen molar-refractivity contribution >= 4 is 6.09 Å². The Kier molecular flexibility index (Phi) is 5.35. The zero-order chi connectivity index (χ0) is 17.1. The first-order valence-electron chi connectivity index (χ1n) is 8.43. The Bertz CT molecular complexity index is 525. The summed E-state index contributed by atoms with van der Waals surface area (Å²) < 4.78 is 0. The second-order valence-electron chi connectivity index (χ2n) is 8.41. The minimum atomic E-state index is -0.939. The largest absolute Gasteiger partial charge is 0.465 e. The fourth-order valence-electron chi connectivity index (χ4n) is 4.11. The molecule has 23 heavy (non-hydrogen) atoms. The molecule has 2 rings (SSSR count). The zero-order valence-electron chi connectivity index (χ0n) is 14.8. The smallest absolute Gasteiger partial charge is 0.405 e. The minimum absolute atomic E-state index is 0.261. The van der Waals surface area contributed by atoms with E-state index in [4.69, 9.17) is 5.11 Å². The summed E-state index contributed by atoms with van der Waals surface area (Å²) in [6, 6.07) is 10.6. The van der Waals surface area contributed by atoms with Crippen LogP contribution in [0.25, 0.3) is 0 Å². The quantitative estimate of drug-likeness (QED) is 0.863. The number of rotatable bonds is 5. The fraction of sp³-hybridized carbons (Fsp3) is 0.632. The van der Waals surface area contributed by atoms with E-state index in [1.807, 2.05) is 19.9 Å². The summed E-state index contributed by atoms with van der Waals surface area (Å²) in [5.74, 6) is 0.504. The van der Waals surface area contributed by atoms with Gasteiger partial charge in [-0.05, 0) is 43.6 Å². The van der Waals surface area contributed by atoms with Crippen molar-refractivity contribution in [3.8, 4) is 0 Å². The van der Waals surface area contributed by atoms with Crippen molar-refractivity contribution in [2.24, 2.45) is 11.3 Å². The molecule has 0 unspecified atom stereocenters. The number of likely N-dealkylation sites (tertiary alicyclic amines) is 1. The third kappa shape index (κ3) is 5.87. The average molecular weight is 318 g/mol. The van der Waals surface area contributed by atoms with E-state index in [1.165, 1.54) is 5.56 Å². The van der Waals surface area contributed by atoms with Gasteiger partial charge in [-0.2, -0.15) is 0 Å². The standard InChI is InChI=1S/C19H30N2O2/c1-18(2)10-16(11-19(3,4)20-17(22)23)13-21(14-18)12-15-8-6-5-7-9-15/h5-9,16,20H,10-14H2,1-4H3,(H,22,23)/t16-/m1/s1. The number of nitrogens with one attached hydrogen (secondary N) is 1. The first-order chi connectivity index (χ1) is 10.7. The fourth-order valence-corrected chi connectivity index (χ4v) is 4.11. The van der Waals surface area contributed by atoms with Gasteiger partial charge in [-0.3, -0.25) is 4.90 Å². The van der Waals surface area contributed by atoms with Crippen LogP contribution in [0.4, 0.5) is 4.79 Å². The lowest BCUT2D eigenvalue weighted by atomic mass is 9.74. The summed E-state index contributed by atoms with van der Waals surface area (Å²) in [4.78, 5) is 13.5. The van der Waals surface area contributed by atoms with Gasteiger partial charge in [0.1, 0.15) is 0 Å². The predicted molar refractivity (Wildman–Crippen MR) is 93.5 cm³/mol. The molecule has 2 N–H and O–H groups in total.